The first-order valence-electron chi connectivity index (χ1n) is 11.1. The summed E-state index contributed by atoms with van der Waals surface area (Å²) in [5.74, 6) is -0.896. The van der Waals surface area contributed by atoms with E-state index in [4.69, 9.17) is 9.15 Å². The number of rotatable bonds is 7. The summed E-state index contributed by atoms with van der Waals surface area (Å²) in [6, 6.07) is 8.15. The number of carbonyl (C=O) groups is 2. The molecule has 37 heavy (non-hydrogen) atoms. The molecule has 0 spiro atoms. The summed E-state index contributed by atoms with van der Waals surface area (Å²) >= 11 is 0. The molecule has 0 radical (unpaired) electrons. The lowest BCUT2D eigenvalue weighted by Crippen LogP contribution is -2.43. The maximum atomic E-state index is 12.5. The van der Waals surface area contributed by atoms with E-state index in [9.17, 15) is 22.8 Å². The topological polar surface area (TPSA) is 132 Å². The third kappa shape index (κ3) is 6.45. The van der Waals surface area contributed by atoms with Crippen LogP contribution in [-0.2, 0) is 9.53 Å². The zero-order chi connectivity index (χ0) is 26.6. The Labute approximate surface area is 209 Å². The van der Waals surface area contributed by atoms with Gasteiger partial charge in [-0.1, -0.05) is 5.10 Å². The van der Waals surface area contributed by atoms with Gasteiger partial charge in [0.1, 0.15) is 11.6 Å². The first-order chi connectivity index (χ1) is 17.5. The Morgan fingerprint density at radius 3 is 2.32 bits per heavy atom. The number of nitrogens with zero attached hydrogens (tertiary/aromatic N) is 4. The fourth-order valence-electron chi connectivity index (χ4n) is 3.74. The van der Waals surface area contributed by atoms with Gasteiger partial charge in [-0.2, -0.15) is 0 Å². The first kappa shape index (κ1) is 25.7. The molecule has 1 amide bonds. The minimum Gasteiger partial charge on any atom is -0.469 e. The van der Waals surface area contributed by atoms with Crippen LogP contribution in [0.15, 0.2) is 47.0 Å². The van der Waals surface area contributed by atoms with Crippen LogP contribution in [0.5, 0.6) is 5.75 Å². The summed E-state index contributed by atoms with van der Waals surface area (Å²) in [7, 11) is 1.39. The molecule has 0 unspecified atom stereocenters. The van der Waals surface area contributed by atoms with Gasteiger partial charge in [-0.25, -0.2) is 4.98 Å². The summed E-state index contributed by atoms with van der Waals surface area (Å²) in [5, 5.41) is 12.7. The minimum absolute atomic E-state index is 0.132. The Morgan fingerprint density at radius 2 is 1.73 bits per heavy atom. The Hall–Kier alpha value is -4.36. The molecule has 1 saturated heterocycles. The molecule has 14 heteroatoms. The predicted molar refractivity (Wildman–Crippen MR) is 124 cm³/mol. The highest BCUT2D eigenvalue weighted by molar-refractivity contribution is 6.00. The first-order valence-corrected chi connectivity index (χ1v) is 11.1. The Kier molecular flexibility index (Phi) is 7.18. The number of amides is 1. The zero-order valence-electron chi connectivity index (χ0n) is 19.8. The van der Waals surface area contributed by atoms with E-state index in [0.29, 0.717) is 43.1 Å². The van der Waals surface area contributed by atoms with Crippen LogP contribution in [0, 0.1) is 5.41 Å². The molecule has 2 aromatic heterocycles. The SMILES string of the molecule is COC(=O)C1(C)CCN(c2ccc(NC(=O)c3nnc(Nc4ccc(OC(F)(F)F)cc4)o3)cn2)CC1. The number of methoxy groups -OCH3 is 1. The van der Waals surface area contributed by atoms with Crippen LogP contribution in [0.1, 0.15) is 30.5 Å². The molecule has 11 nitrogen and oxygen atoms in total. The molecular weight excluding hydrogens is 497 g/mol. The molecule has 1 aliphatic heterocycles. The normalized spacial score (nSPS) is 15.1. The zero-order valence-corrected chi connectivity index (χ0v) is 19.8. The fourth-order valence-corrected chi connectivity index (χ4v) is 3.74. The lowest BCUT2D eigenvalue weighted by Gasteiger charge is -2.37. The molecule has 0 saturated carbocycles. The van der Waals surface area contributed by atoms with Gasteiger partial charge in [-0.15, -0.1) is 18.3 Å². The number of halogens is 3. The molecule has 3 heterocycles. The number of hydrogen-bond donors (Lipinski definition) is 2. The average molecular weight is 520 g/mol. The van der Waals surface area contributed by atoms with Crippen molar-refractivity contribution >= 4 is 35.1 Å². The molecule has 1 aromatic carbocycles. The van der Waals surface area contributed by atoms with E-state index in [1.807, 2.05) is 11.8 Å². The Morgan fingerprint density at radius 1 is 1.05 bits per heavy atom. The predicted octanol–water partition coefficient (Wildman–Crippen LogP) is 4.14. The second-order valence-corrected chi connectivity index (χ2v) is 8.51. The van der Waals surface area contributed by atoms with Crippen LogP contribution in [0.25, 0.3) is 0 Å². The summed E-state index contributed by atoms with van der Waals surface area (Å²) in [4.78, 5) is 30.9. The number of esters is 1. The second-order valence-electron chi connectivity index (χ2n) is 8.51. The van der Waals surface area contributed by atoms with Crippen LogP contribution in [-0.4, -0.2) is 53.6 Å². The third-order valence-electron chi connectivity index (χ3n) is 5.83. The molecule has 0 atom stereocenters. The van der Waals surface area contributed by atoms with Gasteiger partial charge in [0.25, 0.3) is 0 Å². The average Bonchev–Trinajstić information content (AvgIpc) is 3.33. The summed E-state index contributed by atoms with van der Waals surface area (Å²) in [6.45, 7) is 3.17. The largest absolute Gasteiger partial charge is 0.573 e. The van der Waals surface area contributed by atoms with E-state index in [0.717, 1.165) is 12.1 Å². The van der Waals surface area contributed by atoms with E-state index < -0.39 is 17.7 Å². The van der Waals surface area contributed by atoms with Crippen molar-refractivity contribution in [1.82, 2.24) is 15.2 Å². The highest BCUT2D eigenvalue weighted by Crippen LogP contribution is 2.33. The number of hydrogen-bond acceptors (Lipinski definition) is 10. The van der Waals surface area contributed by atoms with E-state index in [1.165, 1.54) is 25.4 Å². The van der Waals surface area contributed by atoms with Gasteiger partial charge in [0.2, 0.25) is 0 Å². The lowest BCUT2D eigenvalue weighted by atomic mass is 9.80. The van der Waals surface area contributed by atoms with Crippen molar-refractivity contribution in [2.24, 2.45) is 5.41 Å². The van der Waals surface area contributed by atoms with Gasteiger partial charge in [-0.3, -0.25) is 9.59 Å². The van der Waals surface area contributed by atoms with Crippen LogP contribution in [0.3, 0.4) is 0 Å². The summed E-state index contributed by atoms with van der Waals surface area (Å²) in [5.41, 5.74) is 0.231. The number of benzene rings is 1. The third-order valence-corrected chi connectivity index (χ3v) is 5.83. The van der Waals surface area contributed by atoms with Gasteiger partial charge in [0.15, 0.2) is 0 Å². The quantitative estimate of drug-likeness (QED) is 0.438. The van der Waals surface area contributed by atoms with Crippen molar-refractivity contribution in [3.8, 4) is 5.75 Å². The van der Waals surface area contributed by atoms with Crippen molar-refractivity contribution in [1.29, 1.82) is 0 Å². The molecular formula is C23H23F3N6O5. The van der Waals surface area contributed by atoms with Gasteiger partial charge in [0, 0.05) is 18.8 Å². The van der Waals surface area contributed by atoms with Crippen molar-refractivity contribution in [3.05, 3.63) is 48.5 Å². The van der Waals surface area contributed by atoms with E-state index in [2.05, 4.69) is 30.6 Å². The number of carbonyl (C=O) groups excluding carboxylic acids is 2. The van der Waals surface area contributed by atoms with Crippen molar-refractivity contribution in [2.75, 3.05) is 35.7 Å². The number of alkyl halides is 3. The standard InChI is InChI=1S/C23H23F3N6O5/c1-22(20(34)35-2)9-11-32(12-10-22)17-8-5-15(13-27-17)28-18(33)19-30-31-21(36-19)29-14-3-6-16(7-4-14)37-23(24,25)26/h3-8,13H,9-12H2,1-2H3,(H,28,33)(H,29,31). The van der Waals surface area contributed by atoms with Crippen molar-refractivity contribution < 1.29 is 36.7 Å². The van der Waals surface area contributed by atoms with Gasteiger partial charge in [-0.05, 0) is 56.2 Å². The molecule has 2 N–H and O–H groups in total. The highest BCUT2D eigenvalue weighted by atomic mass is 19.4. The summed E-state index contributed by atoms with van der Waals surface area (Å²) in [6.07, 6.45) is -2.03. The Balaban J connectivity index is 1.30. The smallest absolute Gasteiger partial charge is 0.469 e. The van der Waals surface area contributed by atoms with E-state index >= 15 is 0 Å². The van der Waals surface area contributed by atoms with Crippen molar-refractivity contribution in [2.45, 2.75) is 26.1 Å². The van der Waals surface area contributed by atoms with Crippen LogP contribution < -0.4 is 20.3 Å². The van der Waals surface area contributed by atoms with E-state index in [-0.39, 0.29) is 23.6 Å². The van der Waals surface area contributed by atoms with Crippen LogP contribution >= 0.6 is 0 Å². The maximum Gasteiger partial charge on any atom is 0.573 e. The monoisotopic (exact) mass is 520 g/mol. The van der Waals surface area contributed by atoms with Crippen LogP contribution in [0.2, 0.25) is 0 Å². The summed E-state index contributed by atoms with van der Waals surface area (Å²) < 4.78 is 50.8. The fraction of sp³-hybridized carbons (Fsp3) is 0.348. The molecule has 0 aliphatic carbocycles. The molecule has 1 fully saturated rings. The lowest BCUT2D eigenvalue weighted by molar-refractivity contribution is -0.274. The van der Waals surface area contributed by atoms with Crippen LogP contribution in [0.4, 0.5) is 36.4 Å². The van der Waals surface area contributed by atoms with Gasteiger partial charge in [0.05, 0.1) is 24.4 Å². The molecule has 3 aromatic rings. The maximum absolute atomic E-state index is 12.5. The van der Waals surface area contributed by atoms with Crippen molar-refractivity contribution in [3.63, 3.8) is 0 Å². The molecule has 196 valence electrons. The van der Waals surface area contributed by atoms with Gasteiger partial charge >= 0.3 is 30.1 Å². The molecule has 1 aliphatic rings. The second kappa shape index (κ2) is 10.3. The number of piperidine rings is 1. The number of aromatic nitrogens is 3. The number of nitrogens with one attached hydrogen (secondary N) is 2. The number of anilines is 4. The molecule has 0 bridgehead atoms. The number of pyridine rings is 1. The number of ether oxygens (including phenoxy) is 2. The van der Waals surface area contributed by atoms with E-state index in [1.54, 1.807) is 12.1 Å². The Bertz CT molecular complexity index is 1240. The van der Waals surface area contributed by atoms with Gasteiger partial charge < -0.3 is 29.4 Å². The minimum atomic E-state index is -4.79. The molecule has 4 rings (SSSR count). The highest BCUT2D eigenvalue weighted by Gasteiger charge is 2.38.